The highest BCUT2D eigenvalue weighted by molar-refractivity contribution is 8.00. The van der Waals surface area contributed by atoms with Crippen LogP contribution in [0.2, 0.25) is 0 Å². The molecule has 0 bridgehead atoms. The number of anilines is 8. The Balaban J connectivity index is 1.11. The number of furan rings is 1. The first-order valence-electron chi connectivity index (χ1n) is 24.4. The van der Waals surface area contributed by atoms with Gasteiger partial charge in [-0.3, -0.25) is 0 Å². The SMILES string of the molecule is CC(C)(C)c1ccc(N(c2ccc(C(C)(C)C)cc2)c2ccc3c(c2)N(c2cccc4c2oc2ccccc24)c2cc(C(C)(C)C)cc4c2B3c2cccc3c2N4C2Sc4ccccc4C32)cc1. The van der Waals surface area contributed by atoms with Crippen molar-refractivity contribution in [3.8, 4) is 0 Å². The zero-order chi connectivity index (χ0) is 46.6. The van der Waals surface area contributed by atoms with Gasteiger partial charge in [-0.05, 0) is 127 Å². The topological polar surface area (TPSA) is 22.9 Å². The molecule has 13 rings (SSSR count). The van der Waals surface area contributed by atoms with Gasteiger partial charge in [0.15, 0.2) is 5.58 Å². The maximum absolute atomic E-state index is 6.99. The van der Waals surface area contributed by atoms with Gasteiger partial charge in [0.2, 0.25) is 0 Å². The van der Waals surface area contributed by atoms with Crippen LogP contribution in [0, 0.1) is 0 Å². The van der Waals surface area contributed by atoms with Gasteiger partial charge in [0, 0.05) is 61.4 Å². The van der Waals surface area contributed by atoms with Crippen LogP contribution in [0.3, 0.4) is 0 Å². The molecule has 0 saturated carbocycles. The molecule has 68 heavy (non-hydrogen) atoms. The minimum atomic E-state index is -0.125. The van der Waals surface area contributed by atoms with Crippen LogP contribution in [0.1, 0.15) is 96.0 Å². The molecule has 4 aliphatic heterocycles. The lowest BCUT2D eigenvalue weighted by atomic mass is 9.33. The zero-order valence-corrected chi connectivity index (χ0v) is 41.3. The molecule has 8 aromatic carbocycles. The number of rotatable bonds is 4. The van der Waals surface area contributed by atoms with E-state index in [-0.39, 0.29) is 34.2 Å². The first kappa shape index (κ1) is 41.6. The summed E-state index contributed by atoms with van der Waals surface area (Å²) in [4.78, 5) is 9.15. The van der Waals surface area contributed by atoms with E-state index in [0.29, 0.717) is 0 Å². The summed E-state index contributed by atoms with van der Waals surface area (Å²) in [6.45, 7) is 20.8. The van der Waals surface area contributed by atoms with E-state index < -0.39 is 0 Å². The van der Waals surface area contributed by atoms with E-state index >= 15 is 0 Å². The Kier molecular flexibility index (Phi) is 8.83. The smallest absolute Gasteiger partial charge is 0.252 e. The third kappa shape index (κ3) is 6.08. The van der Waals surface area contributed by atoms with E-state index in [9.17, 15) is 0 Å². The summed E-state index contributed by atoms with van der Waals surface area (Å²) in [5, 5.41) is 2.48. The number of fused-ring (bicyclic) bond motifs is 12. The molecule has 2 atom stereocenters. The second-order valence-corrected chi connectivity index (χ2v) is 23.7. The van der Waals surface area contributed by atoms with Crippen molar-refractivity contribution in [1.29, 1.82) is 0 Å². The lowest BCUT2D eigenvalue weighted by Gasteiger charge is -2.45. The third-order valence-corrected chi connectivity index (χ3v) is 16.6. The van der Waals surface area contributed by atoms with E-state index in [1.807, 2.05) is 11.8 Å². The fourth-order valence-electron chi connectivity index (χ4n) is 11.7. The van der Waals surface area contributed by atoms with E-state index in [0.717, 1.165) is 50.4 Å². The van der Waals surface area contributed by atoms with Crippen molar-refractivity contribution in [2.75, 3.05) is 14.7 Å². The summed E-state index contributed by atoms with van der Waals surface area (Å²) in [6.07, 6.45) is 0. The molecule has 0 saturated heterocycles. The summed E-state index contributed by atoms with van der Waals surface area (Å²) in [5.41, 5.74) is 22.1. The molecule has 0 N–H and O–H groups in total. The highest BCUT2D eigenvalue weighted by atomic mass is 32.2. The van der Waals surface area contributed by atoms with Crippen LogP contribution in [0.5, 0.6) is 0 Å². The summed E-state index contributed by atoms with van der Waals surface area (Å²) >= 11 is 2.03. The van der Waals surface area contributed by atoms with E-state index in [1.165, 1.54) is 66.2 Å². The second kappa shape index (κ2) is 14.4. The van der Waals surface area contributed by atoms with Gasteiger partial charge in [-0.1, -0.05) is 171 Å². The molecule has 1 aromatic heterocycles. The molecule has 4 nitrogen and oxygen atoms in total. The number of nitrogens with zero attached hydrogens (tertiary/aromatic N) is 3. The first-order valence-corrected chi connectivity index (χ1v) is 25.2. The molecular weight excluding hydrogens is 846 g/mol. The zero-order valence-electron chi connectivity index (χ0n) is 40.5. The van der Waals surface area contributed by atoms with Crippen LogP contribution >= 0.6 is 11.8 Å². The second-order valence-electron chi connectivity index (χ2n) is 22.5. The Labute approximate surface area is 405 Å². The molecule has 0 spiro atoms. The molecule has 9 aromatic rings. The Hall–Kier alpha value is -6.63. The van der Waals surface area contributed by atoms with Gasteiger partial charge in [0.25, 0.3) is 6.71 Å². The van der Waals surface area contributed by atoms with Crippen molar-refractivity contribution in [3.63, 3.8) is 0 Å². The number of thioether (sulfide) groups is 1. The highest BCUT2D eigenvalue weighted by Crippen LogP contribution is 2.61. The summed E-state index contributed by atoms with van der Waals surface area (Å²) in [5.74, 6) is 0.283. The molecule has 5 heterocycles. The maximum Gasteiger partial charge on any atom is 0.252 e. The average Bonchev–Trinajstić information content (AvgIpc) is 3.99. The number of hydrogen-bond donors (Lipinski definition) is 0. The minimum Gasteiger partial charge on any atom is -0.454 e. The lowest BCUT2D eigenvalue weighted by Crippen LogP contribution is -2.62. The maximum atomic E-state index is 6.99. The van der Waals surface area contributed by atoms with Crippen LogP contribution in [0.4, 0.5) is 45.5 Å². The molecule has 334 valence electrons. The Morgan fingerprint density at radius 2 is 1.10 bits per heavy atom. The van der Waals surface area contributed by atoms with Crippen LogP contribution in [-0.4, -0.2) is 12.1 Å². The Morgan fingerprint density at radius 3 is 1.81 bits per heavy atom. The van der Waals surface area contributed by atoms with Crippen molar-refractivity contribution in [1.82, 2.24) is 0 Å². The normalized spacial score (nSPS) is 16.8. The van der Waals surface area contributed by atoms with Crippen LogP contribution in [0.15, 0.2) is 173 Å². The quantitative estimate of drug-likeness (QED) is 0.164. The van der Waals surface area contributed by atoms with Gasteiger partial charge in [-0.15, -0.1) is 0 Å². The largest absolute Gasteiger partial charge is 0.454 e. The Bertz CT molecular complexity index is 3480. The third-order valence-electron chi connectivity index (χ3n) is 15.2. The predicted molar refractivity (Wildman–Crippen MR) is 290 cm³/mol. The van der Waals surface area contributed by atoms with Crippen molar-refractivity contribution in [2.24, 2.45) is 0 Å². The van der Waals surface area contributed by atoms with E-state index in [2.05, 4.69) is 241 Å². The lowest BCUT2D eigenvalue weighted by molar-refractivity contribution is 0.590. The van der Waals surface area contributed by atoms with E-state index in [4.69, 9.17) is 4.42 Å². The fraction of sp³-hybridized carbons (Fsp3) is 0.226. The molecule has 6 heteroatoms. The molecule has 0 amide bonds. The van der Waals surface area contributed by atoms with Crippen LogP contribution in [0.25, 0.3) is 21.9 Å². The highest BCUT2D eigenvalue weighted by Gasteiger charge is 2.53. The van der Waals surface area contributed by atoms with Gasteiger partial charge in [0.05, 0.1) is 11.1 Å². The van der Waals surface area contributed by atoms with Crippen molar-refractivity contribution in [2.45, 2.75) is 94.7 Å². The van der Waals surface area contributed by atoms with E-state index in [1.54, 1.807) is 0 Å². The summed E-state index contributed by atoms with van der Waals surface area (Å²) in [7, 11) is 0. The summed E-state index contributed by atoms with van der Waals surface area (Å²) in [6, 6.07) is 62.2. The summed E-state index contributed by atoms with van der Waals surface area (Å²) < 4.78 is 6.99. The molecule has 4 aliphatic rings. The van der Waals surface area contributed by atoms with Crippen molar-refractivity contribution >= 4 is 102 Å². The van der Waals surface area contributed by atoms with Crippen molar-refractivity contribution < 1.29 is 4.42 Å². The van der Waals surface area contributed by atoms with Gasteiger partial charge < -0.3 is 19.1 Å². The van der Waals surface area contributed by atoms with Gasteiger partial charge >= 0.3 is 0 Å². The minimum absolute atomic E-state index is 0.0139. The standard InChI is InChI=1S/C62H56BN3OS/c1-60(2,3)37-24-28-40(29-25-37)64(41-30-26-38(27-31-41)61(4,5)6)42-32-33-47-50(36-42)65(49-21-15-18-44-43-16-10-12-22-53(43)67-58(44)49)51-34-39(62(7,8)9)35-52-56(51)63(47)48-20-14-19-46-55-45-17-11-13-23-54(45)68-59(55)66(52)57(46)48/h10-36,55,59H,1-9H3. The Morgan fingerprint density at radius 1 is 0.500 bits per heavy atom. The van der Waals surface area contributed by atoms with Gasteiger partial charge in [-0.2, -0.15) is 0 Å². The number of hydrogen-bond acceptors (Lipinski definition) is 5. The van der Waals surface area contributed by atoms with Gasteiger partial charge in [-0.25, -0.2) is 0 Å². The van der Waals surface area contributed by atoms with Crippen molar-refractivity contribution in [3.05, 3.63) is 192 Å². The number of benzene rings is 8. The first-order chi connectivity index (χ1) is 32.6. The van der Waals surface area contributed by atoms with Gasteiger partial charge in [0.1, 0.15) is 5.58 Å². The average molecular weight is 902 g/mol. The molecule has 0 aliphatic carbocycles. The molecule has 0 radical (unpaired) electrons. The number of para-hydroxylation sites is 3. The monoisotopic (exact) mass is 901 g/mol. The molecule has 0 fully saturated rings. The fourth-order valence-corrected chi connectivity index (χ4v) is 13.2. The molecular formula is C62H56BN3OS. The molecule has 2 unspecified atom stereocenters. The predicted octanol–water partition coefficient (Wildman–Crippen LogP) is 15.3. The van der Waals surface area contributed by atoms with Crippen LogP contribution in [-0.2, 0) is 16.2 Å². The van der Waals surface area contributed by atoms with Crippen LogP contribution < -0.4 is 31.1 Å².